The van der Waals surface area contributed by atoms with E-state index in [-0.39, 0.29) is 16.8 Å². The summed E-state index contributed by atoms with van der Waals surface area (Å²) in [6, 6.07) is 15.0. The molecular weight excluding hydrogens is 496 g/mol. The standard InChI is InChI=1S/C24H16BrClN2O4/c1-2-31-16-7-3-13(4-8-16)21-20-22(29)17-11-14(25)5-9-18(17)32-23(20)24(30)28(21)19-10-6-15(26)12-27-19/h3-12,21H,2H2,1H3. The first-order valence-electron chi connectivity index (χ1n) is 9.92. The average Bonchev–Trinajstić information content (AvgIpc) is 3.08. The van der Waals surface area contributed by atoms with Crippen LogP contribution in [0.1, 0.15) is 34.6 Å². The number of ether oxygens (including phenoxy) is 1. The molecule has 3 heterocycles. The lowest BCUT2D eigenvalue weighted by Gasteiger charge is -2.24. The van der Waals surface area contributed by atoms with Crippen LogP contribution in [0.3, 0.4) is 0 Å². The van der Waals surface area contributed by atoms with E-state index >= 15 is 0 Å². The number of carbonyl (C=O) groups is 1. The Morgan fingerprint density at radius 1 is 1.12 bits per heavy atom. The molecule has 0 radical (unpaired) electrons. The number of fused-ring (bicyclic) bond motifs is 2. The van der Waals surface area contributed by atoms with Gasteiger partial charge in [-0.25, -0.2) is 4.98 Å². The predicted octanol–water partition coefficient (Wildman–Crippen LogP) is 5.75. The zero-order valence-electron chi connectivity index (χ0n) is 16.8. The Morgan fingerprint density at radius 3 is 2.59 bits per heavy atom. The number of nitrogens with zero attached hydrogens (tertiary/aromatic N) is 2. The molecule has 0 saturated carbocycles. The Hall–Kier alpha value is -3.16. The number of carbonyl (C=O) groups excluding carboxylic acids is 1. The van der Waals surface area contributed by atoms with Gasteiger partial charge in [-0.3, -0.25) is 14.5 Å². The molecule has 0 aliphatic carbocycles. The molecule has 2 aromatic carbocycles. The summed E-state index contributed by atoms with van der Waals surface area (Å²) in [5, 5.41) is 0.841. The summed E-state index contributed by atoms with van der Waals surface area (Å²) in [5.41, 5.74) is 1.10. The molecule has 1 amide bonds. The van der Waals surface area contributed by atoms with Crippen molar-refractivity contribution in [3.05, 3.63) is 97.4 Å². The van der Waals surface area contributed by atoms with Gasteiger partial charge in [0.05, 0.1) is 28.6 Å². The number of amides is 1. The van der Waals surface area contributed by atoms with Crippen LogP contribution in [0.25, 0.3) is 11.0 Å². The molecule has 1 aliphatic rings. The molecule has 0 fully saturated rings. The lowest BCUT2D eigenvalue weighted by atomic mass is 9.98. The van der Waals surface area contributed by atoms with Crippen LogP contribution in [0.2, 0.25) is 5.02 Å². The smallest absolute Gasteiger partial charge is 0.296 e. The van der Waals surface area contributed by atoms with Gasteiger partial charge in [0.25, 0.3) is 5.91 Å². The fourth-order valence-corrected chi connectivity index (χ4v) is 4.39. The van der Waals surface area contributed by atoms with E-state index in [0.29, 0.717) is 34.2 Å². The molecule has 0 N–H and O–H groups in total. The Labute approximate surface area is 196 Å². The van der Waals surface area contributed by atoms with Crippen LogP contribution < -0.4 is 15.1 Å². The molecule has 1 aliphatic heterocycles. The van der Waals surface area contributed by atoms with Crippen molar-refractivity contribution in [3.8, 4) is 5.75 Å². The monoisotopic (exact) mass is 510 g/mol. The van der Waals surface area contributed by atoms with Crippen molar-refractivity contribution in [1.29, 1.82) is 0 Å². The normalized spacial score (nSPS) is 15.3. The van der Waals surface area contributed by atoms with Gasteiger partial charge in [0.1, 0.15) is 17.2 Å². The summed E-state index contributed by atoms with van der Waals surface area (Å²) in [7, 11) is 0. The second-order valence-electron chi connectivity index (χ2n) is 7.23. The highest BCUT2D eigenvalue weighted by Gasteiger charge is 2.44. The van der Waals surface area contributed by atoms with Crippen molar-refractivity contribution >= 4 is 50.2 Å². The van der Waals surface area contributed by atoms with Crippen molar-refractivity contribution < 1.29 is 13.9 Å². The molecule has 1 atom stereocenters. The molecule has 4 aromatic rings. The molecule has 2 aromatic heterocycles. The van der Waals surface area contributed by atoms with Crippen LogP contribution in [-0.2, 0) is 0 Å². The van der Waals surface area contributed by atoms with Crippen LogP contribution >= 0.6 is 27.5 Å². The first-order chi connectivity index (χ1) is 15.5. The molecule has 32 heavy (non-hydrogen) atoms. The van der Waals surface area contributed by atoms with Gasteiger partial charge in [-0.2, -0.15) is 0 Å². The van der Waals surface area contributed by atoms with Crippen molar-refractivity contribution in [3.63, 3.8) is 0 Å². The number of rotatable bonds is 4. The molecule has 5 rings (SSSR count). The van der Waals surface area contributed by atoms with E-state index in [4.69, 9.17) is 20.8 Å². The molecular formula is C24H16BrClN2O4. The third-order valence-electron chi connectivity index (χ3n) is 5.30. The molecule has 1 unspecified atom stereocenters. The number of pyridine rings is 1. The van der Waals surface area contributed by atoms with Gasteiger partial charge in [0, 0.05) is 10.7 Å². The van der Waals surface area contributed by atoms with Crippen LogP contribution in [0.15, 0.2) is 74.5 Å². The van der Waals surface area contributed by atoms with Crippen molar-refractivity contribution in [2.75, 3.05) is 11.5 Å². The minimum atomic E-state index is -0.707. The number of halogens is 2. The van der Waals surface area contributed by atoms with E-state index in [1.807, 2.05) is 31.2 Å². The highest BCUT2D eigenvalue weighted by molar-refractivity contribution is 9.10. The number of hydrogen-bond acceptors (Lipinski definition) is 5. The minimum Gasteiger partial charge on any atom is -0.494 e. The Balaban J connectivity index is 1.76. The van der Waals surface area contributed by atoms with Gasteiger partial charge in [0.2, 0.25) is 5.76 Å². The van der Waals surface area contributed by atoms with Crippen LogP contribution in [-0.4, -0.2) is 17.5 Å². The Kier molecular flexibility index (Phi) is 5.23. The van der Waals surface area contributed by atoms with Crippen molar-refractivity contribution in [2.45, 2.75) is 13.0 Å². The second-order valence-corrected chi connectivity index (χ2v) is 8.58. The van der Waals surface area contributed by atoms with Gasteiger partial charge in [-0.1, -0.05) is 39.7 Å². The van der Waals surface area contributed by atoms with Gasteiger partial charge < -0.3 is 9.15 Å². The van der Waals surface area contributed by atoms with Crippen molar-refractivity contribution in [1.82, 2.24) is 4.98 Å². The fraction of sp³-hybridized carbons (Fsp3) is 0.125. The second kappa shape index (κ2) is 8.07. The first kappa shape index (κ1) is 20.7. The third kappa shape index (κ3) is 3.38. The molecule has 0 spiro atoms. The summed E-state index contributed by atoms with van der Waals surface area (Å²) in [6.45, 7) is 2.44. The van der Waals surface area contributed by atoms with E-state index < -0.39 is 11.9 Å². The van der Waals surface area contributed by atoms with Crippen LogP contribution in [0, 0.1) is 0 Å². The number of anilines is 1. The Bertz CT molecular complexity index is 1400. The minimum absolute atomic E-state index is 0.0143. The maximum absolute atomic E-state index is 13.6. The average molecular weight is 512 g/mol. The van der Waals surface area contributed by atoms with Crippen LogP contribution in [0.4, 0.5) is 5.82 Å². The zero-order valence-corrected chi connectivity index (χ0v) is 19.2. The fourth-order valence-electron chi connectivity index (χ4n) is 3.92. The highest BCUT2D eigenvalue weighted by Crippen LogP contribution is 2.41. The van der Waals surface area contributed by atoms with E-state index in [1.54, 1.807) is 30.3 Å². The number of benzene rings is 2. The lowest BCUT2D eigenvalue weighted by molar-refractivity contribution is 0.0970. The van der Waals surface area contributed by atoms with Gasteiger partial charge >= 0.3 is 0 Å². The topological polar surface area (TPSA) is 72.6 Å². The lowest BCUT2D eigenvalue weighted by Crippen LogP contribution is -2.30. The maximum atomic E-state index is 13.6. The zero-order chi connectivity index (χ0) is 22.4. The van der Waals surface area contributed by atoms with Crippen LogP contribution in [0.5, 0.6) is 5.75 Å². The van der Waals surface area contributed by atoms with E-state index in [9.17, 15) is 9.59 Å². The van der Waals surface area contributed by atoms with Gasteiger partial charge in [-0.05, 0) is 55.0 Å². The summed E-state index contributed by atoms with van der Waals surface area (Å²) < 4.78 is 12.2. The summed E-state index contributed by atoms with van der Waals surface area (Å²) in [5.74, 6) is 0.650. The summed E-state index contributed by atoms with van der Waals surface area (Å²) in [4.78, 5) is 32.9. The van der Waals surface area contributed by atoms with Gasteiger partial charge in [-0.15, -0.1) is 0 Å². The summed E-state index contributed by atoms with van der Waals surface area (Å²) >= 11 is 9.41. The number of hydrogen-bond donors (Lipinski definition) is 0. The molecule has 6 nitrogen and oxygen atoms in total. The highest BCUT2D eigenvalue weighted by atomic mass is 79.9. The van der Waals surface area contributed by atoms with Gasteiger partial charge in [0.15, 0.2) is 5.43 Å². The Morgan fingerprint density at radius 2 is 1.91 bits per heavy atom. The predicted molar refractivity (Wildman–Crippen MR) is 126 cm³/mol. The van der Waals surface area contributed by atoms with E-state index in [1.165, 1.54) is 11.1 Å². The SMILES string of the molecule is CCOc1ccc(C2c3c(oc4ccc(Br)cc4c3=O)C(=O)N2c2ccc(Cl)cn2)cc1. The molecule has 0 saturated heterocycles. The quantitative estimate of drug-likeness (QED) is 0.349. The largest absolute Gasteiger partial charge is 0.494 e. The first-order valence-corrected chi connectivity index (χ1v) is 11.1. The number of aromatic nitrogens is 1. The third-order valence-corrected chi connectivity index (χ3v) is 6.01. The van der Waals surface area contributed by atoms with E-state index in [2.05, 4.69) is 20.9 Å². The molecule has 160 valence electrons. The summed E-state index contributed by atoms with van der Waals surface area (Å²) in [6.07, 6.45) is 1.46. The molecule has 0 bridgehead atoms. The van der Waals surface area contributed by atoms with E-state index in [0.717, 1.165) is 10.0 Å². The van der Waals surface area contributed by atoms with Crippen molar-refractivity contribution in [2.24, 2.45) is 0 Å². The molecule has 8 heteroatoms. The maximum Gasteiger partial charge on any atom is 0.296 e.